The van der Waals surface area contributed by atoms with Crippen LogP contribution < -0.4 is 9.47 Å². The molecule has 7 nitrogen and oxygen atoms in total. The SMILES string of the molecule is COc1cc2[c]ncc(Cc3nnn[nH]3)c2cc1OC. The van der Waals surface area contributed by atoms with Crippen LogP contribution in [0.4, 0.5) is 0 Å². The van der Waals surface area contributed by atoms with Gasteiger partial charge in [0.2, 0.25) is 0 Å². The van der Waals surface area contributed by atoms with Crippen molar-refractivity contribution in [3.05, 3.63) is 35.9 Å². The van der Waals surface area contributed by atoms with Crippen molar-refractivity contribution in [1.82, 2.24) is 25.6 Å². The van der Waals surface area contributed by atoms with Gasteiger partial charge in [-0.3, -0.25) is 4.98 Å². The van der Waals surface area contributed by atoms with Gasteiger partial charge in [-0.1, -0.05) is 0 Å². The number of aromatic nitrogens is 5. The molecule has 0 fully saturated rings. The third-order valence-corrected chi connectivity index (χ3v) is 3.02. The van der Waals surface area contributed by atoms with Crippen LogP contribution in [0.15, 0.2) is 18.3 Å². The molecule has 3 rings (SSSR count). The minimum absolute atomic E-state index is 0.556. The highest BCUT2D eigenvalue weighted by atomic mass is 16.5. The Morgan fingerprint density at radius 1 is 1.20 bits per heavy atom. The molecule has 0 aliphatic carbocycles. The van der Waals surface area contributed by atoms with Crippen molar-refractivity contribution in [2.45, 2.75) is 6.42 Å². The second kappa shape index (κ2) is 5.12. The summed E-state index contributed by atoms with van der Waals surface area (Å²) in [6.45, 7) is 0. The van der Waals surface area contributed by atoms with Crippen molar-refractivity contribution in [2.24, 2.45) is 0 Å². The predicted octanol–water partition coefficient (Wildman–Crippen LogP) is 1.16. The molecule has 0 aliphatic rings. The average molecular weight is 270 g/mol. The van der Waals surface area contributed by atoms with Gasteiger partial charge in [0.25, 0.3) is 0 Å². The number of nitrogens with zero attached hydrogens (tertiary/aromatic N) is 4. The lowest BCUT2D eigenvalue weighted by Gasteiger charge is -2.10. The number of hydrogen-bond acceptors (Lipinski definition) is 6. The molecule has 3 aromatic rings. The second-order valence-corrected chi connectivity index (χ2v) is 4.17. The third-order valence-electron chi connectivity index (χ3n) is 3.02. The molecule has 0 aliphatic heterocycles. The Kier molecular flexibility index (Phi) is 3.16. The molecule has 1 radical (unpaired) electrons. The molecule has 2 heterocycles. The molecule has 0 atom stereocenters. The fraction of sp³-hybridized carbons (Fsp3) is 0.231. The number of ether oxygens (including phenoxy) is 2. The van der Waals surface area contributed by atoms with Gasteiger partial charge >= 0.3 is 0 Å². The van der Waals surface area contributed by atoms with Crippen molar-refractivity contribution in [2.75, 3.05) is 14.2 Å². The fourth-order valence-corrected chi connectivity index (χ4v) is 2.06. The van der Waals surface area contributed by atoms with E-state index in [1.165, 1.54) is 0 Å². The Labute approximate surface area is 114 Å². The van der Waals surface area contributed by atoms with E-state index in [4.69, 9.17) is 9.47 Å². The molecule has 0 saturated carbocycles. The van der Waals surface area contributed by atoms with Gasteiger partial charge in [-0.25, -0.2) is 5.10 Å². The number of aromatic amines is 1. The van der Waals surface area contributed by atoms with Gasteiger partial charge in [-0.2, -0.15) is 0 Å². The number of hydrogen-bond donors (Lipinski definition) is 1. The molecule has 20 heavy (non-hydrogen) atoms. The van der Waals surface area contributed by atoms with E-state index in [9.17, 15) is 0 Å². The Morgan fingerprint density at radius 3 is 2.70 bits per heavy atom. The van der Waals surface area contributed by atoms with E-state index in [-0.39, 0.29) is 0 Å². The summed E-state index contributed by atoms with van der Waals surface area (Å²) in [4.78, 5) is 4.12. The minimum atomic E-state index is 0.556. The highest BCUT2D eigenvalue weighted by Crippen LogP contribution is 2.33. The van der Waals surface area contributed by atoms with E-state index >= 15 is 0 Å². The first-order chi connectivity index (χ1) is 9.81. The average Bonchev–Trinajstić information content (AvgIpc) is 2.99. The molecule has 2 aromatic heterocycles. The lowest BCUT2D eigenvalue weighted by Crippen LogP contribution is -1.96. The van der Waals surface area contributed by atoms with Crippen LogP contribution in [-0.2, 0) is 6.42 Å². The number of H-pyrrole nitrogens is 1. The van der Waals surface area contributed by atoms with E-state index in [2.05, 4.69) is 31.8 Å². The smallest absolute Gasteiger partial charge is 0.161 e. The second-order valence-electron chi connectivity index (χ2n) is 4.17. The van der Waals surface area contributed by atoms with Crippen LogP contribution in [0.1, 0.15) is 11.4 Å². The van der Waals surface area contributed by atoms with Gasteiger partial charge in [-0.05, 0) is 33.5 Å². The quantitative estimate of drug-likeness (QED) is 0.765. The largest absolute Gasteiger partial charge is 0.493 e. The summed E-state index contributed by atoms with van der Waals surface area (Å²) >= 11 is 0. The van der Waals surface area contributed by atoms with Crippen LogP contribution in [0, 0.1) is 6.20 Å². The normalized spacial score (nSPS) is 10.7. The fourth-order valence-electron chi connectivity index (χ4n) is 2.06. The molecule has 1 aromatic carbocycles. The molecular formula is C13H12N5O2. The molecule has 1 N–H and O–H groups in total. The van der Waals surface area contributed by atoms with Crippen LogP contribution in [0.5, 0.6) is 11.5 Å². The highest BCUT2D eigenvalue weighted by Gasteiger charge is 2.11. The maximum absolute atomic E-state index is 5.33. The molecule has 0 unspecified atom stereocenters. The van der Waals surface area contributed by atoms with Crippen molar-refractivity contribution < 1.29 is 9.47 Å². The Bertz CT molecular complexity index is 727. The number of pyridine rings is 1. The number of fused-ring (bicyclic) bond motifs is 1. The summed E-state index contributed by atoms with van der Waals surface area (Å²) in [6.07, 6.45) is 5.25. The first kappa shape index (κ1) is 12.3. The van der Waals surface area contributed by atoms with Gasteiger partial charge in [0.15, 0.2) is 17.3 Å². The Morgan fingerprint density at radius 2 is 2.00 bits per heavy atom. The van der Waals surface area contributed by atoms with Crippen molar-refractivity contribution in [3.63, 3.8) is 0 Å². The highest BCUT2D eigenvalue weighted by molar-refractivity contribution is 5.87. The first-order valence-electron chi connectivity index (χ1n) is 5.95. The topological polar surface area (TPSA) is 85.8 Å². The van der Waals surface area contributed by atoms with Gasteiger partial charge < -0.3 is 9.47 Å². The summed E-state index contributed by atoms with van der Waals surface area (Å²) < 4.78 is 10.6. The minimum Gasteiger partial charge on any atom is -0.493 e. The van der Waals surface area contributed by atoms with Crippen molar-refractivity contribution in [1.29, 1.82) is 0 Å². The number of rotatable bonds is 4. The van der Waals surface area contributed by atoms with Gasteiger partial charge in [-0.15, -0.1) is 5.10 Å². The lowest BCUT2D eigenvalue weighted by atomic mass is 10.0. The molecule has 7 heteroatoms. The summed E-state index contributed by atoms with van der Waals surface area (Å²) in [5.74, 6) is 1.99. The molecule has 0 spiro atoms. The van der Waals surface area contributed by atoms with E-state index in [1.54, 1.807) is 20.4 Å². The zero-order chi connectivity index (χ0) is 13.9. The molecule has 101 valence electrons. The molecule has 0 amide bonds. The number of tetrazole rings is 1. The first-order valence-corrected chi connectivity index (χ1v) is 5.95. The van der Waals surface area contributed by atoms with E-state index in [0.29, 0.717) is 23.7 Å². The Balaban J connectivity index is 2.13. The van der Waals surface area contributed by atoms with E-state index in [1.807, 2.05) is 12.1 Å². The Hall–Kier alpha value is -2.70. The van der Waals surface area contributed by atoms with Crippen LogP contribution in [0.25, 0.3) is 10.8 Å². The van der Waals surface area contributed by atoms with Gasteiger partial charge in [0.05, 0.1) is 20.4 Å². The number of nitrogens with one attached hydrogen (secondary N) is 1. The van der Waals surface area contributed by atoms with Gasteiger partial charge in [0.1, 0.15) is 0 Å². The standard InChI is InChI=1S/C13H12N5O2/c1-19-11-3-8-6-14-7-9(4-13-15-17-18-16-13)10(8)5-12(11)20-2/h3,5,7H,4H2,1-2H3,(H,15,16,17,18). The maximum Gasteiger partial charge on any atom is 0.161 e. The molecule has 0 bridgehead atoms. The number of methoxy groups -OCH3 is 2. The lowest BCUT2D eigenvalue weighted by molar-refractivity contribution is 0.356. The summed E-state index contributed by atoms with van der Waals surface area (Å²) in [6, 6.07) is 3.76. The summed E-state index contributed by atoms with van der Waals surface area (Å²) in [5.41, 5.74) is 0.984. The van der Waals surface area contributed by atoms with E-state index < -0.39 is 0 Å². The summed E-state index contributed by atoms with van der Waals surface area (Å²) in [7, 11) is 3.20. The third kappa shape index (κ3) is 2.13. The predicted molar refractivity (Wildman–Crippen MR) is 70.7 cm³/mol. The molecule has 0 saturated heterocycles. The summed E-state index contributed by atoms with van der Waals surface area (Å²) in [5, 5.41) is 15.6. The van der Waals surface area contributed by atoms with Gasteiger partial charge in [0, 0.05) is 18.0 Å². The zero-order valence-corrected chi connectivity index (χ0v) is 11.0. The van der Waals surface area contributed by atoms with Crippen molar-refractivity contribution in [3.8, 4) is 11.5 Å². The van der Waals surface area contributed by atoms with Crippen LogP contribution >= 0.6 is 0 Å². The monoisotopic (exact) mass is 270 g/mol. The number of benzene rings is 1. The molecular weight excluding hydrogens is 258 g/mol. The van der Waals surface area contributed by atoms with Crippen LogP contribution in [0.2, 0.25) is 0 Å². The van der Waals surface area contributed by atoms with E-state index in [0.717, 1.165) is 16.3 Å². The van der Waals surface area contributed by atoms with Crippen LogP contribution in [-0.4, -0.2) is 39.8 Å². The maximum atomic E-state index is 5.33. The van der Waals surface area contributed by atoms with Crippen molar-refractivity contribution >= 4 is 10.8 Å². The zero-order valence-electron chi connectivity index (χ0n) is 11.0. The van der Waals surface area contributed by atoms with Crippen LogP contribution in [0.3, 0.4) is 0 Å².